The summed E-state index contributed by atoms with van der Waals surface area (Å²) in [5.74, 6) is 1.94. The summed E-state index contributed by atoms with van der Waals surface area (Å²) >= 11 is 6.14. The Bertz CT molecular complexity index is 546. The van der Waals surface area contributed by atoms with Gasteiger partial charge in [-0.2, -0.15) is 0 Å². The zero-order valence-electron chi connectivity index (χ0n) is 14.1. The molecule has 3 nitrogen and oxygen atoms in total. The van der Waals surface area contributed by atoms with Crippen molar-refractivity contribution in [2.75, 3.05) is 26.2 Å². The van der Waals surface area contributed by atoms with Crippen molar-refractivity contribution in [1.29, 1.82) is 0 Å². The standard InChI is InChI=1S/C19H27ClN2O/c1-13(2)18(14-4-3-5-17(20)10-14)19(23)22-8-6-15-11-21-12-16(15)7-9-22/h3-5,10,13,15-16,18,21H,6-9,11-12H2,1-2H3/t15-,16+,18?. The molecule has 1 unspecified atom stereocenters. The molecule has 1 amide bonds. The molecule has 0 aliphatic carbocycles. The molecule has 126 valence electrons. The van der Waals surface area contributed by atoms with Crippen molar-refractivity contribution in [2.24, 2.45) is 17.8 Å². The maximum Gasteiger partial charge on any atom is 0.230 e. The molecule has 3 atom stereocenters. The molecule has 4 heteroatoms. The van der Waals surface area contributed by atoms with Crippen LogP contribution in [-0.2, 0) is 4.79 Å². The van der Waals surface area contributed by atoms with Gasteiger partial charge in [-0.3, -0.25) is 4.79 Å². The summed E-state index contributed by atoms with van der Waals surface area (Å²) in [5, 5.41) is 4.20. The van der Waals surface area contributed by atoms with Crippen LogP contribution < -0.4 is 5.32 Å². The van der Waals surface area contributed by atoms with Crippen molar-refractivity contribution in [3.05, 3.63) is 34.9 Å². The van der Waals surface area contributed by atoms with E-state index in [2.05, 4.69) is 24.1 Å². The molecular weight excluding hydrogens is 308 g/mol. The topological polar surface area (TPSA) is 32.3 Å². The van der Waals surface area contributed by atoms with E-state index in [4.69, 9.17) is 11.6 Å². The van der Waals surface area contributed by atoms with Gasteiger partial charge in [0.15, 0.2) is 0 Å². The largest absolute Gasteiger partial charge is 0.342 e. The third kappa shape index (κ3) is 3.72. The molecule has 2 heterocycles. The fourth-order valence-electron chi connectivity index (χ4n) is 4.15. The fraction of sp³-hybridized carbons (Fsp3) is 0.632. The predicted octanol–water partition coefficient (Wildman–Crippen LogP) is 3.54. The van der Waals surface area contributed by atoms with E-state index in [0.29, 0.717) is 5.02 Å². The highest BCUT2D eigenvalue weighted by Gasteiger charge is 2.34. The first-order valence-corrected chi connectivity index (χ1v) is 9.19. The van der Waals surface area contributed by atoms with Gasteiger partial charge in [-0.25, -0.2) is 0 Å². The number of hydrogen-bond donors (Lipinski definition) is 1. The lowest BCUT2D eigenvalue weighted by molar-refractivity contribution is -0.133. The van der Waals surface area contributed by atoms with E-state index >= 15 is 0 Å². The second kappa shape index (κ2) is 7.23. The molecule has 2 aliphatic rings. The van der Waals surface area contributed by atoms with Crippen molar-refractivity contribution < 1.29 is 4.79 Å². The highest BCUT2D eigenvalue weighted by Crippen LogP contribution is 2.32. The minimum absolute atomic E-state index is 0.0928. The highest BCUT2D eigenvalue weighted by atomic mass is 35.5. The molecule has 1 aromatic carbocycles. The van der Waals surface area contributed by atoms with Gasteiger partial charge in [-0.15, -0.1) is 0 Å². The van der Waals surface area contributed by atoms with Gasteiger partial charge in [-0.1, -0.05) is 37.6 Å². The van der Waals surface area contributed by atoms with Crippen LogP contribution in [0.3, 0.4) is 0 Å². The van der Waals surface area contributed by atoms with Crippen LogP contribution in [0.25, 0.3) is 0 Å². The summed E-state index contributed by atoms with van der Waals surface area (Å²) in [6.07, 6.45) is 2.26. The monoisotopic (exact) mass is 334 g/mol. The van der Waals surface area contributed by atoms with Gasteiger partial charge in [-0.05, 0) is 61.4 Å². The first-order chi connectivity index (χ1) is 11.1. The molecule has 23 heavy (non-hydrogen) atoms. The fourth-order valence-corrected chi connectivity index (χ4v) is 4.35. The van der Waals surface area contributed by atoms with Gasteiger partial charge in [0, 0.05) is 18.1 Å². The number of fused-ring (bicyclic) bond motifs is 1. The average molecular weight is 335 g/mol. The van der Waals surface area contributed by atoms with E-state index < -0.39 is 0 Å². The van der Waals surface area contributed by atoms with Crippen molar-refractivity contribution in [2.45, 2.75) is 32.6 Å². The van der Waals surface area contributed by atoms with Crippen molar-refractivity contribution in [3.63, 3.8) is 0 Å². The van der Waals surface area contributed by atoms with Crippen LogP contribution in [-0.4, -0.2) is 37.0 Å². The van der Waals surface area contributed by atoms with Crippen molar-refractivity contribution in [3.8, 4) is 0 Å². The van der Waals surface area contributed by atoms with Gasteiger partial charge in [0.2, 0.25) is 5.91 Å². The minimum Gasteiger partial charge on any atom is -0.342 e. The quantitative estimate of drug-likeness (QED) is 0.917. The molecule has 1 N–H and O–H groups in total. The van der Waals surface area contributed by atoms with Crippen LogP contribution in [0.5, 0.6) is 0 Å². The summed E-state index contributed by atoms with van der Waals surface area (Å²) in [6, 6.07) is 7.79. The molecule has 0 saturated carbocycles. The second-order valence-corrected chi connectivity index (χ2v) is 7.79. The Hall–Kier alpha value is -1.06. The van der Waals surface area contributed by atoms with Gasteiger partial charge >= 0.3 is 0 Å². The number of nitrogens with one attached hydrogen (secondary N) is 1. The number of likely N-dealkylation sites (tertiary alicyclic amines) is 1. The molecule has 0 aromatic heterocycles. The number of hydrogen-bond acceptors (Lipinski definition) is 2. The van der Waals surface area contributed by atoms with E-state index in [0.717, 1.165) is 56.4 Å². The van der Waals surface area contributed by atoms with Gasteiger partial charge in [0.1, 0.15) is 0 Å². The third-order valence-electron chi connectivity index (χ3n) is 5.47. The number of carbonyl (C=O) groups is 1. The molecule has 1 aromatic rings. The van der Waals surface area contributed by atoms with E-state index in [1.165, 1.54) is 0 Å². The molecule has 2 saturated heterocycles. The number of rotatable bonds is 3. The highest BCUT2D eigenvalue weighted by molar-refractivity contribution is 6.30. The Balaban J connectivity index is 1.76. The summed E-state index contributed by atoms with van der Waals surface area (Å²) < 4.78 is 0. The lowest BCUT2D eigenvalue weighted by Crippen LogP contribution is -2.38. The SMILES string of the molecule is CC(C)C(C(=O)N1CC[C@@H]2CNC[C@@H]2CC1)c1cccc(Cl)c1. The number of halogens is 1. The first-order valence-electron chi connectivity index (χ1n) is 8.81. The summed E-state index contributed by atoms with van der Waals surface area (Å²) in [7, 11) is 0. The van der Waals surface area contributed by atoms with Crippen LogP contribution in [0.15, 0.2) is 24.3 Å². The number of benzene rings is 1. The molecule has 3 rings (SSSR count). The normalized spacial score (nSPS) is 26.0. The van der Waals surface area contributed by atoms with E-state index in [1.54, 1.807) is 0 Å². The van der Waals surface area contributed by atoms with Crippen LogP contribution in [0.2, 0.25) is 5.02 Å². The first kappa shape index (κ1) is 16.8. The summed E-state index contributed by atoms with van der Waals surface area (Å²) in [5.41, 5.74) is 1.05. The number of amides is 1. The van der Waals surface area contributed by atoms with Crippen LogP contribution in [0.1, 0.15) is 38.2 Å². The number of carbonyl (C=O) groups excluding carboxylic acids is 1. The molecule has 0 radical (unpaired) electrons. The van der Waals surface area contributed by atoms with E-state index in [1.807, 2.05) is 24.3 Å². The number of nitrogens with zero attached hydrogens (tertiary/aromatic N) is 1. The van der Waals surface area contributed by atoms with E-state index in [9.17, 15) is 4.79 Å². The lowest BCUT2D eigenvalue weighted by atomic mass is 9.87. The Labute approximate surface area is 144 Å². The molecule has 0 bridgehead atoms. The summed E-state index contributed by atoms with van der Waals surface area (Å²) in [4.78, 5) is 15.3. The smallest absolute Gasteiger partial charge is 0.230 e. The third-order valence-corrected chi connectivity index (χ3v) is 5.71. The zero-order valence-corrected chi connectivity index (χ0v) is 14.9. The maximum atomic E-state index is 13.2. The van der Waals surface area contributed by atoms with E-state index in [-0.39, 0.29) is 17.7 Å². The Morgan fingerprint density at radius 1 is 1.22 bits per heavy atom. The second-order valence-electron chi connectivity index (χ2n) is 7.36. The predicted molar refractivity (Wildman–Crippen MR) is 94.7 cm³/mol. The van der Waals surface area contributed by atoms with Crippen LogP contribution in [0, 0.1) is 17.8 Å². The molecule has 2 fully saturated rings. The van der Waals surface area contributed by atoms with Crippen molar-refractivity contribution >= 4 is 17.5 Å². The van der Waals surface area contributed by atoms with Gasteiger partial charge in [0.05, 0.1) is 5.92 Å². The van der Waals surface area contributed by atoms with Gasteiger partial charge in [0.25, 0.3) is 0 Å². The maximum absolute atomic E-state index is 13.2. The Morgan fingerprint density at radius 3 is 2.43 bits per heavy atom. The molecule has 0 spiro atoms. The molecular formula is C19H27ClN2O. The summed E-state index contributed by atoms with van der Waals surface area (Å²) in [6.45, 7) is 8.28. The molecule has 2 aliphatic heterocycles. The Kier molecular flexibility index (Phi) is 5.27. The van der Waals surface area contributed by atoms with Crippen LogP contribution in [0.4, 0.5) is 0 Å². The lowest BCUT2D eigenvalue weighted by Gasteiger charge is -2.29. The van der Waals surface area contributed by atoms with Crippen LogP contribution >= 0.6 is 11.6 Å². The Morgan fingerprint density at radius 2 is 1.87 bits per heavy atom. The van der Waals surface area contributed by atoms with Gasteiger partial charge < -0.3 is 10.2 Å². The minimum atomic E-state index is -0.0928. The zero-order chi connectivity index (χ0) is 16.4. The van der Waals surface area contributed by atoms with Crippen molar-refractivity contribution in [1.82, 2.24) is 10.2 Å². The average Bonchev–Trinajstić information content (AvgIpc) is 2.85.